The van der Waals surface area contributed by atoms with Gasteiger partial charge in [-0.05, 0) is 26.3 Å². The standard InChI is InChI=1S/C13H21N3O2/c1-5-11(17)8-14-13(18)7-6-12-9(2)15-16(4)10(12)3/h6-7,11,17H,5,8H2,1-4H3,(H,14,18)/b7-6+. The van der Waals surface area contributed by atoms with Crippen LogP contribution in [0.4, 0.5) is 0 Å². The molecule has 1 atom stereocenters. The molecule has 5 nitrogen and oxygen atoms in total. The van der Waals surface area contributed by atoms with E-state index in [2.05, 4.69) is 10.4 Å². The van der Waals surface area contributed by atoms with Crippen LogP contribution in [0.2, 0.25) is 0 Å². The Bertz CT molecular complexity index is 449. The first kappa shape index (κ1) is 14.4. The molecule has 100 valence electrons. The van der Waals surface area contributed by atoms with Crippen molar-refractivity contribution in [2.45, 2.75) is 33.3 Å². The van der Waals surface area contributed by atoms with Gasteiger partial charge >= 0.3 is 0 Å². The first-order valence-electron chi connectivity index (χ1n) is 6.09. The molecule has 2 N–H and O–H groups in total. The Balaban J connectivity index is 2.61. The number of aliphatic hydroxyl groups is 1. The van der Waals surface area contributed by atoms with Crippen molar-refractivity contribution in [2.24, 2.45) is 7.05 Å². The van der Waals surface area contributed by atoms with Gasteiger partial charge in [-0.25, -0.2) is 0 Å². The number of carbonyl (C=O) groups is 1. The summed E-state index contributed by atoms with van der Waals surface area (Å²) in [7, 11) is 1.87. The van der Waals surface area contributed by atoms with Crippen LogP contribution >= 0.6 is 0 Å². The Morgan fingerprint density at radius 1 is 1.56 bits per heavy atom. The molecular formula is C13H21N3O2. The van der Waals surface area contributed by atoms with Crippen LogP contribution in [-0.2, 0) is 11.8 Å². The van der Waals surface area contributed by atoms with E-state index in [1.165, 1.54) is 6.08 Å². The molecule has 0 saturated carbocycles. The minimum absolute atomic E-state index is 0.204. The van der Waals surface area contributed by atoms with Crippen LogP contribution in [0.25, 0.3) is 6.08 Å². The van der Waals surface area contributed by atoms with Gasteiger partial charge in [-0.15, -0.1) is 0 Å². The molecule has 18 heavy (non-hydrogen) atoms. The van der Waals surface area contributed by atoms with E-state index < -0.39 is 6.10 Å². The molecule has 0 spiro atoms. The summed E-state index contributed by atoms with van der Waals surface area (Å²) in [5.74, 6) is -0.204. The summed E-state index contributed by atoms with van der Waals surface area (Å²) in [6.07, 6.45) is 3.37. The SMILES string of the molecule is CCC(O)CNC(=O)/C=C/c1c(C)nn(C)c1C. The number of aliphatic hydroxyl groups excluding tert-OH is 1. The van der Waals surface area contributed by atoms with Crippen LogP contribution in [0.15, 0.2) is 6.08 Å². The first-order valence-corrected chi connectivity index (χ1v) is 6.09. The Hall–Kier alpha value is -1.62. The highest BCUT2D eigenvalue weighted by molar-refractivity contribution is 5.92. The van der Waals surface area contributed by atoms with Crippen LogP contribution in [0.5, 0.6) is 0 Å². The number of nitrogens with one attached hydrogen (secondary N) is 1. The molecule has 1 aromatic rings. The minimum Gasteiger partial charge on any atom is -0.391 e. The second kappa shape index (κ2) is 6.35. The third-order valence-corrected chi connectivity index (χ3v) is 2.95. The van der Waals surface area contributed by atoms with Crippen LogP contribution in [-0.4, -0.2) is 33.4 Å². The second-order valence-electron chi connectivity index (χ2n) is 4.35. The number of hydrogen-bond acceptors (Lipinski definition) is 3. The minimum atomic E-state index is -0.482. The van der Waals surface area contributed by atoms with Crippen molar-refractivity contribution in [2.75, 3.05) is 6.54 Å². The molecule has 1 heterocycles. The topological polar surface area (TPSA) is 67.2 Å². The first-order chi connectivity index (χ1) is 8.45. The highest BCUT2D eigenvalue weighted by Crippen LogP contribution is 2.13. The van der Waals surface area contributed by atoms with Gasteiger partial charge in [-0.2, -0.15) is 5.10 Å². The van der Waals surface area contributed by atoms with Crippen molar-refractivity contribution in [3.8, 4) is 0 Å². The number of aromatic nitrogens is 2. The smallest absolute Gasteiger partial charge is 0.244 e. The highest BCUT2D eigenvalue weighted by atomic mass is 16.3. The maximum absolute atomic E-state index is 11.5. The van der Waals surface area contributed by atoms with Gasteiger partial charge < -0.3 is 10.4 Å². The summed E-state index contributed by atoms with van der Waals surface area (Å²) in [6, 6.07) is 0. The summed E-state index contributed by atoms with van der Waals surface area (Å²) in [5.41, 5.74) is 2.88. The molecule has 1 rings (SSSR count). The van der Waals surface area contributed by atoms with Crippen molar-refractivity contribution < 1.29 is 9.90 Å². The molecule has 1 amide bonds. The summed E-state index contributed by atoms with van der Waals surface area (Å²) < 4.78 is 1.79. The zero-order valence-corrected chi connectivity index (χ0v) is 11.4. The molecule has 0 aliphatic carbocycles. The lowest BCUT2D eigenvalue weighted by atomic mass is 10.2. The zero-order valence-electron chi connectivity index (χ0n) is 11.4. The average molecular weight is 251 g/mol. The van der Waals surface area contributed by atoms with Crippen LogP contribution in [0.1, 0.15) is 30.3 Å². The predicted molar refractivity (Wildman–Crippen MR) is 71.0 cm³/mol. The quantitative estimate of drug-likeness (QED) is 0.765. The molecule has 0 aliphatic rings. The van der Waals surface area contributed by atoms with Gasteiger partial charge in [0, 0.05) is 30.9 Å². The Labute approximate surface area is 108 Å². The lowest BCUT2D eigenvalue weighted by Gasteiger charge is -2.07. The maximum Gasteiger partial charge on any atom is 0.244 e. The molecule has 0 aromatic carbocycles. The van der Waals surface area contributed by atoms with Gasteiger partial charge in [-0.3, -0.25) is 9.48 Å². The predicted octanol–water partition coefficient (Wildman–Crippen LogP) is 0.937. The number of nitrogens with zero attached hydrogens (tertiary/aromatic N) is 2. The van der Waals surface area contributed by atoms with E-state index in [0.717, 1.165) is 17.0 Å². The normalized spacial score (nSPS) is 12.9. The molecule has 0 fully saturated rings. The molecule has 0 saturated heterocycles. The zero-order chi connectivity index (χ0) is 13.7. The molecule has 0 aliphatic heterocycles. The van der Waals surface area contributed by atoms with Crippen molar-refractivity contribution in [1.29, 1.82) is 0 Å². The summed E-state index contributed by atoms with van der Waals surface area (Å²) in [4.78, 5) is 11.5. The Kier molecular flexibility index (Phi) is 5.09. The third-order valence-electron chi connectivity index (χ3n) is 2.95. The van der Waals surface area contributed by atoms with Gasteiger partial charge in [0.2, 0.25) is 5.91 Å². The van der Waals surface area contributed by atoms with E-state index in [1.54, 1.807) is 10.8 Å². The number of hydrogen-bond donors (Lipinski definition) is 2. The molecule has 1 aromatic heterocycles. The number of rotatable bonds is 5. The van der Waals surface area contributed by atoms with Crippen molar-refractivity contribution in [3.63, 3.8) is 0 Å². The van der Waals surface area contributed by atoms with Gasteiger partial charge in [-0.1, -0.05) is 6.92 Å². The van der Waals surface area contributed by atoms with Gasteiger partial charge in [0.05, 0.1) is 11.8 Å². The lowest BCUT2D eigenvalue weighted by Crippen LogP contribution is -2.30. The van der Waals surface area contributed by atoms with E-state index in [1.807, 2.05) is 27.8 Å². The number of carbonyl (C=O) groups excluding carboxylic acids is 1. The van der Waals surface area contributed by atoms with Crippen LogP contribution in [0.3, 0.4) is 0 Å². The molecule has 5 heteroatoms. The Morgan fingerprint density at radius 3 is 2.72 bits per heavy atom. The third kappa shape index (κ3) is 3.70. The van der Waals surface area contributed by atoms with Crippen molar-refractivity contribution in [3.05, 3.63) is 23.0 Å². The fourth-order valence-corrected chi connectivity index (χ4v) is 1.61. The van der Waals surface area contributed by atoms with Gasteiger partial charge in [0.1, 0.15) is 0 Å². The van der Waals surface area contributed by atoms with E-state index in [9.17, 15) is 9.90 Å². The van der Waals surface area contributed by atoms with Crippen molar-refractivity contribution >= 4 is 12.0 Å². The fourth-order valence-electron chi connectivity index (χ4n) is 1.61. The highest BCUT2D eigenvalue weighted by Gasteiger charge is 2.07. The van der Waals surface area contributed by atoms with E-state index in [-0.39, 0.29) is 12.5 Å². The maximum atomic E-state index is 11.5. The lowest BCUT2D eigenvalue weighted by molar-refractivity contribution is -0.116. The molecular weight excluding hydrogens is 230 g/mol. The number of aryl methyl sites for hydroxylation is 2. The largest absolute Gasteiger partial charge is 0.391 e. The molecule has 0 bridgehead atoms. The van der Waals surface area contributed by atoms with Crippen LogP contribution < -0.4 is 5.32 Å². The van der Waals surface area contributed by atoms with Crippen molar-refractivity contribution in [1.82, 2.24) is 15.1 Å². The summed E-state index contributed by atoms with van der Waals surface area (Å²) in [5, 5.41) is 16.2. The summed E-state index contributed by atoms with van der Waals surface area (Å²) in [6.45, 7) is 6.02. The Morgan fingerprint density at radius 2 is 2.22 bits per heavy atom. The van der Waals surface area contributed by atoms with E-state index >= 15 is 0 Å². The van der Waals surface area contributed by atoms with Gasteiger partial charge in [0.15, 0.2) is 0 Å². The van der Waals surface area contributed by atoms with Gasteiger partial charge in [0.25, 0.3) is 0 Å². The number of amides is 1. The fraction of sp³-hybridized carbons (Fsp3) is 0.538. The molecule has 1 unspecified atom stereocenters. The second-order valence-corrected chi connectivity index (χ2v) is 4.35. The summed E-state index contributed by atoms with van der Waals surface area (Å²) >= 11 is 0. The molecule has 0 radical (unpaired) electrons. The average Bonchev–Trinajstić information content (AvgIpc) is 2.58. The monoisotopic (exact) mass is 251 g/mol. The van der Waals surface area contributed by atoms with E-state index in [0.29, 0.717) is 6.42 Å². The van der Waals surface area contributed by atoms with E-state index in [4.69, 9.17) is 0 Å². The van der Waals surface area contributed by atoms with Crippen LogP contribution in [0, 0.1) is 13.8 Å².